The molecule has 1 aliphatic rings. The van der Waals surface area contributed by atoms with Crippen LogP contribution in [0.5, 0.6) is 0 Å². The van der Waals surface area contributed by atoms with Crippen molar-refractivity contribution in [1.82, 2.24) is 0 Å². The third-order valence-corrected chi connectivity index (χ3v) is 2.61. The lowest BCUT2D eigenvalue weighted by Crippen LogP contribution is -2.51. The molecule has 6 heteroatoms. The van der Waals surface area contributed by atoms with E-state index in [1.54, 1.807) is 20.8 Å². The number of aliphatic hydroxyl groups is 1. The fourth-order valence-electron chi connectivity index (χ4n) is 1.61. The standard InChI is InChI=1S/C11H19FO5/c1-5-15-9(14)11(4,12)8(13)7-6-16-10(2,3)17-7/h7-8,13H,5-6H2,1-4H3/t7-,8+,11-/m1/s1. The molecule has 0 aromatic carbocycles. The number of ether oxygens (including phenoxy) is 3. The summed E-state index contributed by atoms with van der Waals surface area (Å²) in [4.78, 5) is 11.4. The van der Waals surface area contributed by atoms with Gasteiger partial charge < -0.3 is 19.3 Å². The van der Waals surface area contributed by atoms with Gasteiger partial charge in [-0.3, -0.25) is 0 Å². The summed E-state index contributed by atoms with van der Waals surface area (Å²) in [5.41, 5.74) is -2.51. The van der Waals surface area contributed by atoms with Crippen LogP contribution in [0.1, 0.15) is 27.7 Å². The van der Waals surface area contributed by atoms with E-state index >= 15 is 0 Å². The number of halogens is 1. The van der Waals surface area contributed by atoms with Crippen LogP contribution in [0.15, 0.2) is 0 Å². The maximum atomic E-state index is 14.1. The van der Waals surface area contributed by atoms with Crippen molar-refractivity contribution in [2.45, 2.75) is 51.4 Å². The van der Waals surface area contributed by atoms with Gasteiger partial charge in [-0.25, -0.2) is 9.18 Å². The molecule has 0 spiro atoms. The topological polar surface area (TPSA) is 65.0 Å². The predicted molar refractivity (Wildman–Crippen MR) is 57.1 cm³/mol. The quantitative estimate of drug-likeness (QED) is 0.747. The molecule has 1 heterocycles. The summed E-state index contributed by atoms with van der Waals surface area (Å²) in [6, 6.07) is 0. The Balaban J connectivity index is 2.69. The Labute approximate surface area is 99.8 Å². The van der Waals surface area contributed by atoms with Crippen molar-refractivity contribution in [2.24, 2.45) is 0 Å². The Morgan fingerprint density at radius 3 is 2.71 bits per heavy atom. The number of carbonyl (C=O) groups excluding carboxylic acids is 1. The fraction of sp³-hybridized carbons (Fsp3) is 0.909. The summed E-state index contributed by atoms with van der Waals surface area (Å²) < 4.78 is 29.2. The Kier molecular flexibility index (Phi) is 4.11. The second-order valence-corrected chi connectivity index (χ2v) is 4.61. The van der Waals surface area contributed by atoms with Gasteiger partial charge >= 0.3 is 5.97 Å². The van der Waals surface area contributed by atoms with Gasteiger partial charge in [-0.15, -0.1) is 0 Å². The predicted octanol–water partition coefficient (Wildman–Crippen LogP) is 0.790. The van der Waals surface area contributed by atoms with E-state index in [1.807, 2.05) is 0 Å². The molecule has 0 aromatic heterocycles. The smallest absolute Gasteiger partial charge is 0.346 e. The van der Waals surface area contributed by atoms with Crippen molar-refractivity contribution in [3.05, 3.63) is 0 Å². The number of esters is 1. The highest BCUT2D eigenvalue weighted by Crippen LogP contribution is 2.30. The highest BCUT2D eigenvalue weighted by atomic mass is 19.1. The van der Waals surface area contributed by atoms with Crippen LogP contribution in [0, 0.1) is 0 Å². The molecule has 1 rings (SSSR count). The van der Waals surface area contributed by atoms with Gasteiger partial charge in [-0.2, -0.15) is 0 Å². The van der Waals surface area contributed by atoms with Gasteiger partial charge in [-0.05, 0) is 27.7 Å². The largest absolute Gasteiger partial charge is 0.464 e. The third-order valence-electron chi connectivity index (χ3n) is 2.61. The zero-order valence-electron chi connectivity index (χ0n) is 10.5. The third kappa shape index (κ3) is 3.14. The zero-order chi connectivity index (χ0) is 13.3. The zero-order valence-corrected chi connectivity index (χ0v) is 10.5. The number of aliphatic hydroxyl groups excluding tert-OH is 1. The second-order valence-electron chi connectivity index (χ2n) is 4.61. The first kappa shape index (κ1) is 14.3. The molecule has 0 aromatic rings. The van der Waals surface area contributed by atoms with Crippen molar-refractivity contribution in [1.29, 1.82) is 0 Å². The Hall–Kier alpha value is -0.720. The molecule has 3 atom stereocenters. The molecule has 0 radical (unpaired) electrons. The van der Waals surface area contributed by atoms with Crippen molar-refractivity contribution < 1.29 is 28.5 Å². The lowest BCUT2D eigenvalue weighted by Gasteiger charge is -2.28. The maximum absolute atomic E-state index is 14.1. The fourth-order valence-corrected chi connectivity index (χ4v) is 1.61. The summed E-state index contributed by atoms with van der Waals surface area (Å²) in [5, 5.41) is 9.83. The van der Waals surface area contributed by atoms with Crippen LogP contribution in [0.4, 0.5) is 4.39 Å². The number of alkyl halides is 1. The second kappa shape index (κ2) is 4.88. The highest BCUT2D eigenvalue weighted by molar-refractivity contribution is 5.79. The molecule has 1 N–H and O–H groups in total. The summed E-state index contributed by atoms with van der Waals surface area (Å²) in [6.07, 6.45) is -2.51. The van der Waals surface area contributed by atoms with E-state index in [0.717, 1.165) is 6.92 Å². The van der Waals surface area contributed by atoms with Gasteiger partial charge in [0, 0.05) is 0 Å². The van der Waals surface area contributed by atoms with E-state index in [9.17, 15) is 14.3 Å². The number of carbonyl (C=O) groups is 1. The molecule has 100 valence electrons. The molecule has 0 unspecified atom stereocenters. The van der Waals surface area contributed by atoms with Crippen LogP contribution in [0.2, 0.25) is 0 Å². The molecule has 0 saturated carbocycles. The number of hydrogen-bond acceptors (Lipinski definition) is 5. The Morgan fingerprint density at radius 1 is 1.71 bits per heavy atom. The lowest BCUT2D eigenvalue weighted by atomic mass is 9.97. The van der Waals surface area contributed by atoms with E-state index in [-0.39, 0.29) is 13.2 Å². The van der Waals surface area contributed by atoms with Gasteiger partial charge in [-0.1, -0.05) is 0 Å². The summed E-state index contributed by atoms with van der Waals surface area (Å²) in [5.74, 6) is -1.98. The van der Waals surface area contributed by atoms with Gasteiger partial charge in [0.25, 0.3) is 0 Å². The molecule has 17 heavy (non-hydrogen) atoms. The van der Waals surface area contributed by atoms with E-state index in [4.69, 9.17) is 9.47 Å². The molecule has 0 amide bonds. The van der Waals surface area contributed by atoms with Crippen LogP contribution in [0.3, 0.4) is 0 Å². The van der Waals surface area contributed by atoms with E-state index in [0.29, 0.717) is 0 Å². The minimum absolute atomic E-state index is 0.0348. The van der Waals surface area contributed by atoms with E-state index in [1.165, 1.54) is 0 Å². The minimum Gasteiger partial charge on any atom is -0.464 e. The summed E-state index contributed by atoms with van der Waals surface area (Å²) >= 11 is 0. The Morgan fingerprint density at radius 2 is 2.29 bits per heavy atom. The van der Waals surface area contributed by atoms with E-state index in [2.05, 4.69) is 4.74 Å². The average Bonchev–Trinajstić information content (AvgIpc) is 2.58. The van der Waals surface area contributed by atoms with Crippen LogP contribution in [-0.4, -0.2) is 48.0 Å². The van der Waals surface area contributed by atoms with Gasteiger partial charge in [0.05, 0.1) is 13.2 Å². The average molecular weight is 250 g/mol. The van der Waals surface area contributed by atoms with Gasteiger partial charge in [0.2, 0.25) is 5.67 Å². The summed E-state index contributed by atoms with van der Waals surface area (Å²) in [6.45, 7) is 5.94. The molecule has 1 aliphatic heterocycles. The van der Waals surface area contributed by atoms with Gasteiger partial charge in [0.1, 0.15) is 12.2 Å². The summed E-state index contributed by atoms with van der Waals surface area (Å²) in [7, 11) is 0. The number of rotatable bonds is 4. The van der Waals surface area contributed by atoms with E-state index < -0.39 is 29.6 Å². The molecule has 1 saturated heterocycles. The van der Waals surface area contributed by atoms with Crippen molar-refractivity contribution in [3.8, 4) is 0 Å². The van der Waals surface area contributed by atoms with Crippen LogP contribution < -0.4 is 0 Å². The van der Waals surface area contributed by atoms with Crippen molar-refractivity contribution in [2.75, 3.05) is 13.2 Å². The molecule has 1 fully saturated rings. The van der Waals surface area contributed by atoms with Crippen LogP contribution in [0.25, 0.3) is 0 Å². The van der Waals surface area contributed by atoms with Crippen LogP contribution >= 0.6 is 0 Å². The first-order valence-electron chi connectivity index (χ1n) is 5.56. The highest BCUT2D eigenvalue weighted by Gasteiger charge is 2.50. The molecular weight excluding hydrogens is 231 g/mol. The first-order chi connectivity index (χ1) is 7.70. The molecule has 0 aliphatic carbocycles. The maximum Gasteiger partial charge on any atom is 0.346 e. The van der Waals surface area contributed by atoms with Crippen molar-refractivity contribution >= 4 is 5.97 Å². The lowest BCUT2D eigenvalue weighted by molar-refractivity contribution is -0.183. The van der Waals surface area contributed by atoms with Crippen molar-refractivity contribution in [3.63, 3.8) is 0 Å². The monoisotopic (exact) mass is 250 g/mol. The Bertz CT molecular complexity index is 290. The SMILES string of the molecule is CCOC(=O)[C@](C)(F)[C@@H](O)[C@H]1COC(C)(C)O1. The van der Waals surface area contributed by atoms with Gasteiger partial charge in [0.15, 0.2) is 5.79 Å². The minimum atomic E-state index is -2.51. The number of hydrogen-bond donors (Lipinski definition) is 1. The normalized spacial score (nSPS) is 28.5. The van der Waals surface area contributed by atoms with Crippen LogP contribution in [-0.2, 0) is 19.0 Å². The molecule has 0 bridgehead atoms. The first-order valence-corrected chi connectivity index (χ1v) is 5.56. The molecular formula is C11H19FO5. The molecule has 5 nitrogen and oxygen atoms in total.